The molecule has 0 spiro atoms. The first kappa shape index (κ1) is 15.6. The van der Waals surface area contributed by atoms with Crippen LogP contribution in [0.15, 0.2) is 24.3 Å². The average molecular weight is 287 g/mol. The molecule has 1 fully saturated rings. The Hall–Kier alpha value is -1.83. The molecule has 1 saturated heterocycles. The lowest BCUT2D eigenvalue weighted by Gasteiger charge is -2.31. The van der Waals surface area contributed by atoms with Gasteiger partial charge in [0.15, 0.2) is 0 Å². The number of piperidine rings is 1. The fourth-order valence-corrected chi connectivity index (χ4v) is 2.48. The van der Waals surface area contributed by atoms with E-state index in [-0.39, 0.29) is 18.6 Å². The highest BCUT2D eigenvalue weighted by Crippen LogP contribution is 2.16. The van der Waals surface area contributed by atoms with E-state index >= 15 is 0 Å². The first-order chi connectivity index (χ1) is 10.2. The van der Waals surface area contributed by atoms with E-state index in [1.807, 2.05) is 24.0 Å². The second kappa shape index (κ2) is 7.82. The number of nitrogens with zero attached hydrogens (tertiary/aromatic N) is 1. The average Bonchev–Trinajstić information content (AvgIpc) is 2.54. The van der Waals surface area contributed by atoms with Crippen molar-refractivity contribution in [1.82, 2.24) is 4.90 Å². The standard InChI is InChI=1S/C17H21NO3/c1-2-21-16-9-11-18(12-10-16)17(20)15-7-5-14(6-8-15)4-3-13-19/h5-8,16,19H,2,9-13H2,1H3. The Bertz CT molecular complexity index is 519. The van der Waals surface area contributed by atoms with Crippen molar-refractivity contribution in [1.29, 1.82) is 0 Å². The van der Waals surface area contributed by atoms with Gasteiger partial charge in [0, 0.05) is 30.8 Å². The van der Waals surface area contributed by atoms with E-state index in [0.717, 1.165) is 38.1 Å². The Balaban J connectivity index is 1.94. The predicted molar refractivity (Wildman–Crippen MR) is 81.0 cm³/mol. The van der Waals surface area contributed by atoms with Crippen LogP contribution in [0.1, 0.15) is 35.7 Å². The van der Waals surface area contributed by atoms with E-state index in [0.29, 0.717) is 5.56 Å². The molecule has 0 unspecified atom stereocenters. The van der Waals surface area contributed by atoms with Gasteiger partial charge >= 0.3 is 0 Å². The maximum absolute atomic E-state index is 12.4. The molecule has 112 valence electrons. The molecular weight excluding hydrogens is 266 g/mol. The molecule has 1 N–H and O–H groups in total. The minimum absolute atomic E-state index is 0.0617. The summed E-state index contributed by atoms with van der Waals surface area (Å²) in [6.07, 6.45) is 2.09. The summed E-state index contributed by atoms with van der Waals surface area (Å²) < 4.78 is 5.60. The van der Waals surface area contributed by atoms with E-state index in [1.54, 1.807) is 12.1 Å². The monoisotopic (exact) mass is 287 g/mol. The van der Waals surface area contributed by atoms with Gasteiger partial charge in [-0.2, -0.15) is 0 Å². The topological polar surface area (TPSA) is 49.8 Å². The molecular formula is C17H21NO3. The summed E-state index contributed by atoms with van der Waals surface area (Å²) in [7, 11) is 0. The third-order valence-electron chi connectivity index (χ3n) is 3.58. The Morgan fingerprint density at radius 1 is 1.33 bits per heavy atom. The summed E-state index contributed by atoms with van der Waals surface area (Å²) in [5, 5.41) is 8.66. The molecule has 2 rings (SSSR count). The quantitative estimate of drug-likeness (QED) is 0.860. The largest absolute Gasteiger partial charge is 0.384 e. The van der Waals surface area contributed by atoms with Gasteiger partial charge in [0.25, 0.3) is 5.91 Å². The summed E-state index contributed by atoms with van der Waals surface area (Å²) in [5.41, 5.74) is 1.48. The number of likely N-dealkylation sites (tertiary alicyclic amines) is 1. The van der Waals surface area contributed by atoms with E-state index in [9.17, 15) is 4.79 Å². The van der Waals surface area contributed by atoms with E-state index in [2.05, 4.69) is 11.8 Å². The van der Waals surface area contributed by atoms with E-state index in [4.69, 9.17) is 9.84 Å². The maximum Gasteiger partial charge on any atom is 0.253 e. The summed E-state index contributed by atoms with van der Waals surface area (Å²) in [6.45, 7) is 4.06. The number of hydrogen-bond acceptors (Lipinski definition) is 3. The molecule has 0 saturated carbocycles. The van der Waals surface area contributed by atoms with E-state index < -0.39 is 0 Å². The molecule has 1 aromatic rings. The minimum Gasteiger partial charge on any atom is -0.384 e. The van der Waals surface area contributed by atoms with Crippen molar-refractivity contribution < 1.29 is 14.6 Å². The molecule has 0 aliphatic carbocycles. The predicted octanol–water partition coefficient (Wildman–Crippen LogP) is 1.67. The number of benzene rings is 1. The van der Waals surface area contributed by atoms with Gasteiger partial charge in [0.05, 0.1) is 6.10 Å². The van der Waals surface area contributed by atoms with Gasteiger partial charge in [-0.15, -0.1) is 0 Å². The van der Waals surface area contributed by atoms with Crippen LogP contribution in [0.4, 0.5) is 0 Å². The van der Waals surface area contributed by atoms with Gasteiger partial charge in [-0.1, -0.05) is 11.8 Å². The number of carbonyl (C=O) groups excluding carboxylic acids is 1. The van der Waals surface area contributed by atoms with Crippen molar-refractivity contribution in [2.24, 2.45) is 0 Å². The third-order valence-corrected chi connectivity index (χ3v) is 3.58. The lowest BCUT2D eigenvalue weighted by Crippen LogP contribution is -2.40. The molecule has 4 heteroatoms. The van der Waals surface area contributed by atoms with Crippen LogP contribution >= 0.6 is 0 Å². The highest BCUT2D eigenvalue weighted by molar-refractivity contribution is 5.94. The van der Waals surface area contributed by atoms with Crippen LogP contribution in [0.25, 0.3) is 0 Å². The first-order valence-electron chi connectivity index (χ1n) is 7.35. The zero-order valence-corrected chi connectivity index (χ0v) is 12.3. The van der Waals surface area contributed by atoms with Crippen LogP contribution in [0.5, 0.6) is 0 Å². The van der Waals surface area contributed by atoms with E-state index in [1.165, 1.54) is 0 Å². The highest BCUT2D eigenvalue weighted by atomic mass is 16.5. The number of aliphatic hydroxyl groups excluding tert-OH is 1. The fraction of sp³-hybridized carbons (Fsp3) is 0.471. The second-order valence-corrected chi connectivity index (χ2v) is 4.98. The molecule has 1 amide bonds. The number of hydrogen-bond donors (Lipinski definition) is 1. The molecule has 0 atom stereocenters. The highest BCUT2D eigenvalue weighted by Gasteiger charge is 2.23. The molecule has 0 radical (unpaired) electrons. The maximum atomic E-state index is 12.4. The molecule has 1 aliphatic rings. The normalized spacial score (nSPS) is 15.4. The van der Waals surface area contributed by atoms with Crippen LogP contribution in [-0.2, 0) is 4.74 Å². The van der Waals surface area contributed by atoms with Crippen molar-refractivity contribution in [3.8, 4) is 11.8 Å². The van der Waals surface area contributed by atoms with Crippen molar-refractivity contribution >= 4 is 5.91 Å². The number of amides is 1. The number of carbonyl (C=O) groups is 1. The van der Waals surface area contributed by atoms with Gasteiger partial charge < -0.3 is 14.7 Å². The van der Waals surface area contributed by atoms with Crippen LogP contribution in [0.3, 0.4) is 0 Å². The van der Waals surface area contributed by atoms with Crippen LogP contribution < -0.4 is 0 Å². The zero-order chi connectivity index (χ0) is 15.1. The number of ether oxygens (including phenoxy) is 1. The smallest absolute Gasteiger partial charge is 0.253 e. The van der Waals surface area contributed by atoms with Crippen LogP contribution in [0.2, 0.25) is 0 Å². The fourth-order valence-electron chi connectivity index (χ4n) is 2.48. The van der Waals surface area contributed by atoms with Crippen molar-refractivity contribution in [3.63, 3.8) is 0 Å². The molecule has 1 heterocycles. The Morgan fingerprint density at radius 3 is 2.57 bits per heavy atom. The Morgan fingerprint density at radius 2 is 2.00 bits per heavy atom. The Kier molecular flexibility index (Phi) is 5.79. The van der Waals surface area contributed by atoms with Gasteiger partial charge in [-0.05, 0) is 44.0 Å². The molecule has 21 heavy (non-hydrogen) atoms. The Labute approximate surface area is 125 Å². The lowest BCUT2D eigenvalue weighted by molar-refractivity contribution is 0.0146. The molecule has 1 aliphatic heterocycles. The number of rotatable bonds is 3. The zero-order valence-electron chi connectivity index (χ0n) is 12.3. The molecule has 4 nitrogen and oxygen atoms in total. The summed E-state index contributed by atoms with van der Waals surface area (Å²) in [5.74, 6) is 5.47. The van der Waals surface area contributed by atoms with Gasteiger partial charge in [-0.3, -0.25) is 4.79 Å². The summed E-state index contributed by atoms with van der Waals surface area (Å²) in [4.78, 5) is 14.3. The van der Waals surface area contributed by atoms with Crippen molar-refractivity contribution in [3.05, 3.63) is 35.4 Å². The second-order valence-electron chi connectivity index (χ2n) is 4.98. The van der Waals surface area contributed by atoms with Gasteiger partial charge in [0.2, 0.25) is 0 Å². The molecule has 1 aromatic carbocycles. The van der Waals surface area contributed by atoms with Crippen molar-refractivity contribution in [2.45, 2.75) is 25.9 Å². The van der Waals surface area contributed by atoms with Crippen LogP contribution in [0, 0.1) is 11.8 Å². The lowest BCUT2D eigenvalue weighted by atomic mass is 10.1. The van der Waals surface area contributed by atoms with Crippen LogP contribution in [-0.4, -0.2) is 48.3 Å². The third kappa shape index (κ3) is 4.32. The SMILES string of the molecule is CCOC1CCN(C(=O)c2ccc(C#CCO)cc2)CC1. The molecule has 0 bridgehead atoms. The first-order valence-corrected chi connectivity index (χ1v) is 7.35. The van der Waals surface area contributed by atoms with Gasteiger partial charge in [0.1, 0.15) is 6.61 Å². The van der Waals surface area contributed by atoms with Gasteiger partial charge in [-0.25, -0.2) is 0 Å². The van der Waals surface area contributed by atoms with Crippen molar-refractivity contribution in [2.75, 3.05) is 26.3 Å². The minimum atomic E-state index is -0.157. The molecule has 0 aromatic heterocycles. The summed E-state index contributed by atoms with van der Waals surface area (Å²) >= 11 is 0. The number of aliphatic hydroxyl groups is 1. The summed E-state index contributed by atoms with van der Waals surface area (Å²) in [6, 6.07) is 7.20.